The van der Waals surface area contributed by atoms with Gasteiger partial charge in [-0.15, -0.1) is 0 Å². The first kappa shape index (κ1) is 11.1. The number of H-pyrrole nitrogens is 1. The Labute approximate surface area is 96.3 Å². The number of nitrogens with zero attached hydrogens (tertiary/aromatic N) is 2. The van der Waals surface area contributed by atoms with Crippen LogP contribution in [0.15, 0.2) is 12.1 Å². The fourth-order valence-corrected chi connectivity index (χ4v) is 1.69. The van der Waals surface area contributed by atoms with Gasteiger partial charge in [-0.2, -0.15) is 0 Å². The number of fused-ring (bicyclic) bond motifs is 1. The number of aromatic amines is 1. The summed E-state index contributed by atoms with van der Waals surface area (Å²) in [5.74, 6) is 1.94. The minimum absolute atomic E-state index is 0.418. The second kappa shape index (κ2) is 4.24. The molecule has 0 radical (unpaired) electrons. The molecule has 2 aromatic rings. The zero-order valence-electron chi connectivity index (χ0n) is 10.4. The van der Waals surface area contributed by atoms with Crippen molar-refractivity contribution < 1.29 is 0 Å². The lowest BCUT2D eigenvalue weighted by Crippen LogP contribution is -1.95. The Bertz CT molecular complexity index is 485. The molecule has 1 unspecified atom stereocenters. The molecule has 0 fully saturated rings. The molecule has 1 N–H and O–H groups in total. The molecule has 0 bridgehead atoms. The number of pyridine rings is 1. The molecular weight excluding hydrogens is 198 g/mol. The average Bonchev–Trinajstić information content (AvgIpc) is 2.70. The Morgan fingerprint density at radius 3 is 2.56 bits per heavy atom. The van der Waals surface area contributed by atoms with Crippen LogP contribution in [0.4, 0.5) is 0 Å². The second-order valence-electron chi connectivity index (χ2n) is 4.69. The molecule has 0 amide bonds. The first-order chi connectivity index (χ1) is 7.61. The zero-order chi connectivity index (χ0) is 11.7. The van der Waals surface area contributed by atoms with Gasteiger partial charge in [-0.1, -0.05) is 27.7 Å². The van der Waals surface area contributed by atoms with Crippen molar-refractivity contribution in [3.05, 3.63) is 23.7 Å². The lowest BCUT2D eigenvalue weighted by molar-refractivity contribution is 0.711. The van der Waals surface area contributed by atoms with Crippen molar-refractivity contribution >= 4 is 11.2 Å². The highest BCUT2D eigenvalue weighted by atomic mass is 15.0. The van der Waals surface area contributed by atoms with Gasteiger partial charge in [0.15, 0.2) is 5.65 Å². The van der Waals surface area contributed by atoms with Crippen molar-refractivity contribution in [1.29, 1.82) is 0 Å². The molecule has 3 nitrogen and oxygen atoms in total. The van der Waals surface area contributed by atoms with E-state index in [2.05, 4.69) is 54.8 Å². The molecule has 1 atom stereocenters. The highest BCUT2D eigenvalue weighted by Crippen LogP contribution is 2.20. The predicted octanol–water partition coefficient (Wildman–Crippen LogP) is 3.59. The summed E-state index contributed by atoms with van der Waals surface area (Å²) in [6.45, 7) is 8.65. The van der Waals surface area contributed by atoms with Crippen LogP contribution in [0.3, 0.4) is 0 Å². The first-order valence-corrected chi connectivity index (χ1v) is 5.98. The number of hydrogen-bond acceptors (Lipinski definition) is 2. The van der Waals surface area contributed by atoms with Crippen LogP contribution in [0.1, 0.15) is 57.5 Å². The fourth-order valence-electron chi connectivity index (χ4n) is 1.69. The topological polar surface area (TPSA) is 41.6 Å². The van der Waals surface area contributed by atoms with E-state index < -0.39 is 0 Å². The third kappa shape index (κ3) is 1.94. The smallest absolute Gasteiger partial charge is 0.157 e. The Balaban J connectivity index is 2.45. The molecule has 86 valence electrons. The normalized spacial score (nSPS) is 13.6. The summed E-state index contributed by atoms with van der Waals surface area (Å²) >= 11 is 0. The van der Waals surface area contributed by atoms with E-state index in [1.54, 1.807) is 0 Å². The quantitative estimate of drug-likeness (QED) is 0.853. The number of rotatable bonds is 3. The molecule has 2 aromatic heterocycles. The van der Waals surface area contributed by atoms with E-state index in [-0.39, 0.29) is 0 Å². The van der Waals surface area contributed by atoms with Crippen LogP contribution in [0, 0.1) is 0 Å². The number of aromatic nitrogens is 3. The molecule has 0 saturated carbocycles. The Kier molecular flexibility index (Phi) is 2.95. The van der Waals surface area contributed by atoms with Crippen molar-refractivity contribution in [2.24, 2.45) is 0 Å². The summed E-state index contributed by atoms with van der Waals surface area (Å²) in [5, 5.41) is 0. The van der Waals surface area contributed by atoms with Gasteiger partial charge >= 0.3 is 0 Å². The highest BCUT2D eigenvalue weighted by Gasteiger charge is 2.10. The van der Waals surface area contributed by atoms with Gasteiger partial charge in [-0.3, -0.25) is 0 Å². The van der Waals surface area contributed by atoms with E-state index in [1.807, 2.05) is 0 Å². The summed E-state index contributed by atoms with van der Waals surface area (Å²) in [6.07, 6.45) is 1.11. The standard InChI is InChI=1S/C13H19N3/c1-5-9(4)10-6-7-11-13(14-10)16-12(15-11)8(2)3/h6-9H,5H2,1-4H3,(H,14,15,16). The summed E-state index contributed by atoms with van der Waals surface area (Å²) in [6, 6.07) is 4.15. The number of hydrogen-bond donors (Lipinski definition) is 1. The maximum Gasteiger partial charge on any atom is 0.157 e. The Morgan fingerprint density at radius 2 is 1.94 bits per heavy atom. The van der Waals surface area contributed by atoms with Crippen LogP contribution in [0.2, 0.25) is 0 Å². The van der Waals surface area contributed by atoms with E-state index in [1.165, 1.54) is 0 Å². The average molecular weight is 217 g/mol. The maximum absolute atomic E-state index is 4.63. The highest BCUT2D eigenvalue weighted by molar-refractivity contribution is 5.70. The first-order valence-electron chi connectivity index (χ1n) is 5.98. The Hall–Kier alpha value is -1.38. The number of nitrogens with one attached hydrogen (secondary N) is 1. The molecule has 0 saturated heterocycles. The number of imidazole rings is 1. The van der Waals surface area contributed by atoms with Crippen molar-refractivity contribution in [1.82, 2.24) is 15.0 Å². The van der Waals surface area contributed by atoms with Crippen molar-refractivity contribution in [3.63, 3.8) is 0 Å². The lowest BCUT2D eigenvalue weighted by atomic mass is 10.0. The third-order valence-electron chi connectivity index (χ3n) is 3.05. The summed E-state index contributed by atoms with van der Waals surface area (Å²) < 4.78 is 0. The van der Waals surface area contributed by atoms with Crippen LogP contribution >= 0.6 is 0 Å². The van der Waals surface area contributed by atoms with Gasteiger partial charge < -0.3 is 4.98 Å². The molecule has 0 aliphatic rings. The molecule has 2 heterocycles. The molecule has 0 aromatic carbocycles. The van der Waals surface area contributed by atoms with E-state index in [0.29, 0.717) is 11.8 Å². The van der Waals surface area contributed by atoms with Crippen molar-refractivity contribution in [2.75, 3.05) is 0 Å². The van der Waals surface area contributed by atoms with Gasteiger partial charge in [0.1, 0.15) is 11.3 Å². The summed E-state index contributed by atoms with van der Waals surface area (Å²) in [5.41, 5.74) is 3.03. The van der Waals surface area contributed by atoms with E-state index >= 15 is 0 Å². The van der Waals surface area contributed by atoms with Gasteiger partial charge in [0.2, 0.25) is 0 Å². The SMILES string of the molecule is CCC(C)c1ccc2nc(C(C)C)[nH]c2n1. The molecule has 16 heavy (non-hydrogen) atoms. The minimum atomic E-state index is 0.418. The van der Waals surface area contributed by atoms with Crippen LogP contribution in [0.5, 0.6) is 0 Å². The van der Waals surface area contributed by atoms with Crippen LogP contribution in [-0.4, -0.2) is 15.0 Å². The van der Waals surface area contributed by atoms with Gasteiger partial charge in [-0.05, 0) is 24.5 Å². The largest absolute Gasteiger partial charge is 0.326 e. The lowest BCUT2D eigenvalue weighted by Gasteiger charge is -2.06. The fraction of sp³-hybridized carbons (Fsp3) is 0.538. The van der Waals surface area contributed by atoms with Gasteiger partial charge in [0, 0.05) is 11.6 Å². The molecule has 0 aliphatic heterocycles. The van der Waals surface area contributed by atoms with Crippen LogP contribution in [-0.2, 0) is 0 Å². The van der Waals surface area contributed by atoms with Gasteiger partial charge in [-0.25, -0.2) is 9.97 Å². The molecule has 0 aliphatic carbocycles. The third-order valence-corrected chi connectivity index (χ3v) is 3.05. The molecule has 3 heteroatoms. The van der Waals surface area contributed by atoms with Gasteiger partial charge in [0.25, 0.3) is 0 Å². The monoisotopic (exact) mass is 217 g/mol. The van der Waals surface area contributed by atoms with Crippen LogP contribution in [0.25, 0.3) is 11.2 Å². The van der Waals surface area contributed by atoms with Crippen molar-refractivity contribution in [2.45, 2.75) is 46.0 Å². The van der Waals surface area contributed by atoms with Crippen LogP contribution < -0.4 is 0 Å². The van der Waals surface area contributed by atoms with E-state index in [9.17, 15) is 0 Å². The summed E-state index contributed by atoms with van der Waals surface area (Å²) in [4.78, 5) is 12.4. The maximum atomic E-state index is 4.63. The molecule has 2 rings (SSSR count). The molecular formula is C13H19N3. The van der Waals surface area contributed by atoms with Crippen molar-refractivity contribution in [3.8, 4) is 0 Å². The molecule has 0 spiro atoms. The minimum Gasteiger partial charge on any atom is -0.326 e. The Morgan fingerprint density at radius 1 is 1.19 bits per heavy atom. The second-order valence-corrected chi connectivity index (χ2v) is 4.69. The summed E-state index contributed by atoms with van der Waals surface area (Å²) in [7, 11) is 0. The zero-order valence-corrected chi connectivity index (χ0v) is 10.4. The predicted molar refractivity (Wildman–Crippen MR) is 66.7 cm³/mol. The van der Waals surface area contributed by atoms with E-state index in [4.69, 9.17) is 0 Å². The van der Waals surface area contributed by atoms with Gasteiger partial charge in [0.05, 0.1) is 0 Å². The van der Waals surface area contributed by atoms with E-state index in [0.717, 1.165) is 29.1 Å².